The maximum atomic E-state index is 12.2. The third kappa shape index (κ3) is 4.85. The third-order valence-electron chi connectivity index (χ3n) is 4.46. The summed E-state index contributed by atoms with van der Waals surface area (Å²) in [6.07, 6.45) is -0.0185. The Bertz CT molecular complexity index is 948. The van der Waals surface area contributed by atoms with E-state index in [1.807, 2.05) is 38.1 Å². The first-order chi connectivity index (χ1) is 13.3. The van der Waals surface area contributed by atoms with Crippen LogP contribution >= 0.6 is 23.4 Å². The maximum Gasteiger partial charge on any atom is 0.243 e. The van der Waals surface area contributed by atoms with E-state index in [1.54, 1.807) is 12.1 Å². The Morgan fingerprint density at radius 3 is 2.75 bits per heavy atom. The van der Waals surface area contributed by atoms with Crippen molar-refractivity contribution in [3.05, 3.63) is 52.5 Å². The lowest BCUT2D eigenvalue weighted by Crippen LogP contribution is -2.38. The number of fused-ring (bicyclic) bond motifs is 1. The number of rotatable bonds is 5. The smallest absolute Gasteiger partial charge is 0.243 e. The van der Waals surface area contributed by atoms with E-state index in [9.17, 15) is 14.4 Å². The van der Waals surface area contributed by atoms with Crippen molar-refractivity contribution in [3.8, 4) is 0 Å². The number of carbonyl (C=O) groups excluding carboxylic acids is 3. The predicted octanol–water partition coefficient (Wildman–Crippen LogP) is 3.51. The van der Waals surface area contributed by atoms with E-state index in [0.29, 0.717) is 10.7 Å². The summed E-state index contributed by atoms with van der Waals surface area (Å²) in [5.74, 6) is -0.932. The average molecular weight is 418 g/mol. The second-order valence-corrected chi connectivity index (χ2v) is 8.19. The Balaban J connectivity index is 1.51. The fraction of sp³-hybridized carbons (Fsp3) is 0.250. The summed E-state index contributed by atoms with van der Waals surface area (Å²) >= 11 is 7.24. The molecule has 0 aromatic heterocycles. The molecule has 28 heavy (non-hydrogen) atoms. The number of thioether (sulfide) groups is 1. The first-order valence-electron chi connectivity index (χ1n) is 8.73. The number of aryl methyl sites for hydroxylation is 1. The zero-order valence-electron chi connectivity index (χ0n) is 15.5. The molecule has 3 amide bonds. The molecule has 0 bridgehead atoms. The molecule has 0 saturated heterocycles. The largest absolute Gasteiger partial charge is 0.347 e. The zero-order valence-corrected chi connectivity index (χ0v) is 17.0. The molecule has 3 rings (SSSR count). The number of benzene rings is 2. The summed E-state index contributed by atoms with van der Waals surface area (Å²) in [6.45, 7) is 3.73. The molecule has 0 saturated carbocycles. The highest BCUT2D eigenvalue weighted by molar-refractivity contribution is 8.01. The number of anilines is 2. The molecule has 8 heteroatoms. The lowest BCUT2D eigenvalue weighted by atomic mass is 10.1. The first kappa shape index (κ1) is 20.2. The summed E-state index contributed by atoms with van der Waals surface area (Å²) < 4.78 is 0. The minimum absolute atomic E-state index is 0.0185. The van der Waals surface area contributed by atoms with Gasteiger partial charge in [-0.1, -0.05) is 23.7 Å². The van der Waals surface area contributed by atoms with Gasteiger partial charge in [-0.2, -0.15) is 0 Å². The number of nitrogens with one attached hydrogen (secondary N) is 3. The van der Waals surface area contributed by atoms with Crippen LogP contribution in [0.15, 0.2) is 41.3 Å². The topological polar surface area (TPSA) is 87.3 Å². The number of hydrogen-bond donors (Lipinski definition) is 3. The Morgan fingerprint density at radius 1 is 1.18 bits per heavy atom. The molecule has 1 atom stereocenters. The Labute approximate surface area is 172 Å². The minimum atomic E-state index is -0.559. The van der Waals surface area contributed by atoms with Crippen LogP contribution in [0.4, 0.5) is 11.4 Å². The van der Waals surface area contributed by atoms with Crippen LogP contribution in [0.5, 0.6) is 0 Å². The van der Waals surface area contributed by atoms with Crippen LogP contribution in [-0.2, 0) is 14.4 Å². The van der Waals surface area contributed by atoms with Crippen molar-refractivity contribution in [2.24, 2.45) is 0 Å². The van der Waals surface area contributed by atoms with Gasteiger partial charge in [-0.15, -0.1) is 11.8 Å². The first-order valence-corrected chi connectivity index (χ1v) is 9.99. The fourth-order valence-electron chi connectivity index (χ4n) is 2.76. The van der Waals surface area contributed by atoms with Gasteiger partial charge in [0.05, 0.1) is 17.5 Å². The van der Waals surface area contributed by atoms with E-state index < -0.39 is 5.25 Å². The fourth-order valence-corrected chi connectivity index (χ4v) is 4.02. The van der Waals surface area contributed by atoms with Gasteiger partial charge in [0, 0.05) is 22.0 Å². The Hall–Kier alpha value is -2.51. The Kier molecular flexibility index (Phi) is 6.26. The monoisotopic (exact) mass is 417 g/mol. The molecule has 1 aliphatic heterocycles. The summed E-state index contributed by atoms with van der Waals surface area (Å²) in [7, 11) is 0. The molecule has 0 unspecified atom stereocenters. The average Bonchev–Trinajstić information content (AvgIpc) is 2.64. The molecular formula is C20H20ClN3O3S. The SMILES string of the molecule is Cc1cccc(NC(=O)CNC(=O)C[C@H]2Sc3ccc(Cl)cc3NC2=O)c1C. The van der Waals surface area contributed by atoms with Gasteiger partial charge in [0.1, 0.15) is 0 Å². The lowest BCUT2D eigenvalue weighted by Gasteiger charge is -2.23. The van der Waals surface area contributed by atoms with Gasteiger partial charge in [-0.05, 0) is 49.2 Å². The normalized spacial score (nSPS) is 15.4. The van der Waals surface area contributed by atoms with Gasteiger partial charge in [0.15, 0.2) is 0 Å². The van der Waals surface area contributed by atoms with Crippen molar-refractivity contribution in [3.63, 3.8) is 0 Å². The van der Waals surface area contributed by atoms with Crippen LogP contribution in [0.1, 0.15) is 17.5 Å². The van der Waals surface area contributed by atoms with Crippen LogP contribution in [0.3, 0.4) is 0 Å². The van der Waals surface area contributed by atoms with Gasteiger partial charge in [0.25, 0.3) is 0 Å². The molecule has 1 aliphatic rings. The highest BCUT2D eigenvalue weighted by Crippen LogP contribution is 2.38. The second-order valence-electron chi connectivity index (χ2n) is 6.51. The number of carbonyl (C=O) groups is 3. The zero-order chi connectivity index (χ0) is 20.3. The Morgan fingerprint density at radius 2 is 1.96 bits per heavy atom. The summed E-state index contributed by atoms with van der Waals surface area (Å²) in [4.78, 5) is 37.4. The molecule has 0 aliphatic carbocycles. The van der Waals surface area contributed by atoms with Crippen molar-refractivity contribution in [1.29, 1.82) is 0 Å². The van der Waals surface area contributed by atoms with Crippen LogP contribution in [0.25, 0.3) is 0 Å². The molecule has 3 N–H and O–H groups in total. The minimum Gasteiger partial charge on any atom is -0.347 e. The van der Waals surface area contributed by atoms with E-state index >= 15 is 0 Å². The van der Waals surface area contributed by atoms with E-state index in [0.717, 1.165) is 21.7 Å². The highest BCUT2D eigenvalue weighted by Gasteiger charge is 2.29. The number of hydrogen-bond acceptors (Lipinski definition) is 4. The van der Waals surface area contributed by atoms with Gasteiger partial charge in [0.2, 0.25) is 17.7 Å². The second kappa shape index (κ2) is 8.67. The predicted molar refractivity (Wildman–Crippen MR) is 112 cm³/mol. The summed E-state index contributed by atoms with van der Waals surface area (Å²) in [6, 6.07) is 10.9. The van der Waals surface area contributed by atoms with Crippen molar-refractivity contribution in [2.75, 3.05) is 17.2 Å². The van der Waals surface area contributed by atoms with Gasteiger partial charge in [-0.25, -0.2) is 0 Å². The van der Waals surface area contributed by atoms with E-state index in [4.69, 9.17) is 11.6 Å². The summed E-state index contributed by atoms with van der Waals surface area (Å²) in [5.41, 5.74) is 3.42. The van der Waals surface area contributed by atoms with Crippen LogP contribution in [0, 0.1) is 13.8 Å². The standard InChI is InChI=1S/C20H20ClN3O3S/c1-11-4-3-5-14(12(11)2)23-19(26)10-22-18(25)9-17-20(27)24-15-8-13(21)6-7-16(15)28-17/h3-8,17H,9-10H2,1-2H3,(H,22,25)(H,23,26)(H,24,27)/t17-/m1/s1. The number of amides is 3. The molecule has 146 valence electrons. The van der Waals surface area contributed by atoms with Gasteiger partial charge >= 0.3 is 0 Å². The van der Waals surface area contributed by atoms with Gasteiger partial charge in [-0.3, -0.25) is 14.4 Å². The molecule has 0 spiro atoms. The molecule has 0 fully saturated rings. The molecule has 0 radical (unpaired) electrons. The summed E-state index contributed by atoms with van der Waals surface area (Å²) in [5, 5.41) is 8.09. The van der Waals surface area contributed by atoms with E-state index in [-0.39, 0.29) is 30.7 Å². The molecule has 2 aromatic carbocycles. The van der Waals surface area contributed by atoms with Crippen LogP contribution < -0.4 is 16.0 Å². The van der Waals surface area contributed by atoms with E-state index in [2.05, 4.69) is 16.0 Å². The van der Waals surface area contributed by atoms with Crippen LogP contribution in [0.2, 0.25) is 5.02 Å². The van der Waals surface area contributed by atoms with Crippen molar-refractivity contribution in [2.45, 2.75) is 30.4 Å². The molecule has 1 heterocycles. The quantitative estimate of drug-likeness (QED) is 0.694. The van der Waals surface area contributed by atoms with Crippen LogP contribution in [-0.4, -0.2) is 29.5 Å². The molecule has 6 nitrogen and oxygen atoms in total. The highest BCUT2D eigenvalue weighted by atomic mass is 35.5. The van der Waals surface area contributed by atoms with Crippen molar-refractivity contribution >= 4 is 52.5 Å². The maximum absolute atomic E-state index is 12.2. The number of halogens is 1. The third-order valence-corrected chi connectivity index (χ3v) is 5.97. The lowest BCUT2D eigenvalue weighted by molar-refractivity contribution is -0.125. The van der Waals surface area contributed by atoms with Crippen molar-refractivity contribution < 1.29 is 14.4 Å². The van der Waals surface area contributed by atoms with E-state index in [1.165, 1.54) is 11.8 Å². The molecular weight excluding hydrogens is 398 g/mol. The molecule has 2 aromatic rings. The van der Waals surface area contributed by atoms with Crippen molar-refractivity contribution in [1.82, 2.24) is 5.32 Å². The van der Waals surface area contributed by atoms with Gasteiger partial charge < -0.3 is 16.0 Å².